The second-order valence-corrected chi connectivity index (χ2v) is 6.12. The quantitative estimate of drug-likeness (QED) is 0.849. The van der Waals surface area contributed by atoms with Gasteiger partial charge < -0.3 is 9.30 Å². The summed E-state index contributed by atoms with van der Waals surface area (Å²) in [6, 6.07) is 10.5. The summed E-state index contributed by atoms with van der Waals surface area (Å²) in [6.07, 6.45) is 3.35. The number of likely N-dealkylation sites (tertiary alicyclic amines) is 1. The molecule has 0 aliphatic carbocycles. The van der Waals surface area contributed by atoms with Gasteiger partial charge in [0.25, 0.3) is 5.56 Å². The average molecular weight is 300 g/mol. The lowest BCUT2D eigenvalue weighted by Crippen LogP contribution is -2.35. The summed E-state index contributed by atoms with van der Waals surface area (Å²) in [5.41, 5.74) is 1.20. The van der Waals surface area contributed by atoms with E-state index in [-0.39, 0.29) is 5.56 Å². The van der Waals surface area contributed by atoms with E-state index in [9.17, 15) is 4.79 Å². The Hall–Kier alpha value is -1.65. The fraction of sp³-hybridized carbons (Fsp3) is 0.500. The molecule has 0 spiro atoms. The maximum atomic E-state index is 12.4. The van der Waals surface area contributed by atoms with Gasteiger partial charge in [-0.25, -0.2) is 0 Å². The number of rotatable bonds is 5. The maximum Gasteiger partial charge on any atom is 0.258 e. The lowest BCUT2D eigenvalue weighted by molar-refractivity contribution is 0.116. The van der Waals surface area contributed by atoms with Crippen molar-refractivity contribution in [2.45, 2.75) is 25.3 Å². The first-order valence-electron chi connectivity index (χ1n) is 8.01. The third-order valence-electron chi connectivity index (χ3n) is 4.76. The van der Waals surface area contributed by atoms with Gasteiger partial charge in [0.05, 0.1) is 6.61 Å². The third-order valence-corrected chi connectivity index (χ3v) is 4.76. The maximum absolute atomic E-state index is 12.4. The van der Waals surface area contributed by atoms with E-state index in [0.29, 0.717) is 6.04 Å². The number of hydrogen-bond donors (Lipinski definition) is 0. The normalized spacial score (nSPS) is 19.1. The van der Waals surface area contributed by atoms with E-state index in [4.69, 9.17) is 4.74 Å². The predicted molar refractivity (Wildman–Crippen MR) is 89.4 cm³/mol. The molecule has 0 saturated carbocycles. The number of fused-ring (bicyclic) bond motifs is 1. The fourth-order valence-corrected chi connectivity index (χ4v) is 3.47. The van der Waals surface area contributed by atoms with Gasteiger partial charge >= 0.3 is 0 Å². The predicted octanol–water partition coefficient (Wildman–Crippen LogP) is 2.19. The second-order valence-electron chi connectivity index (χ2n) is 6.12. The van der Waals surface area contributed by atoms with Crippen LogP contribution in [0.4, 0.5) is 0 Å². The highest BCUT2D eigenvalue weighted by Crippen LogP contribution is 2.18. The zero-order chi connectivity index (χ0) is 15.5. The Morgan fingerprint density at radius 3 is 2.95 bits per heavy atom. The summed E-state index contributed by atoms with van der Waals surface area (Å²) in [6.45, 7) is 2.92. The number of benzene rings is 1. The van der Waals surface area contributed by atoms with E-state index in [1.165, 1.54) is 12.8 Å². The lowest BCUT2D eigenvalue weighted by Gasteiger charge is -2.24. The highest BCUT2D eigenvalue weighted by Gasteiger charge is 2.24. The summed E-state index contributed by atoms with van der Waals surface area (Å²) in [4.78, 5) is 14.9. The van der Waals surface area contributed by atoms with Gasteiger partial charge in [-0.2, -0.15) is 0 Å². The van der Waals surface area contributed by atoms with Crippen LogP contribution >= 0.6 is 0 Å². The summed E-state index contributed by atoms with van der Waals surface area (Å²) in [5, 5.41) is 1.84. The molecule has 1 saturated heterocycles. The van der Waals surface area contributed by atoms with Crippen molar-refractivity contribution in [2.75, 3.05) is 26.8 Å². The molecular formula is C18H24N2O2. The fourth-order valence-electron chi connectivity index (χ4n) is 3.47. The van der Waals surface area contributed by atoms with Crippen LogP contribution in [0.1, 0.15) is 18.5 Å². The lowest BCUT2D eigenvalue weighted by atomic mass is 10.1. The van der Waals surface area contributed by atoms with Crippen LogP contribution < -0.4 is 5.56 Å². The molecule has 0 N–H and O–H groups in total. The molecule has 1 aromatic heterocycles. The Kier molecular flexibility index (Phi) is 4.60. The molecule has 2 aromatic rings. The molecule has 0 bridgehead atoms. The van der Waals surface area contributed by atoms with Crippen LogP contribution in [-0.2, 0) is 18.2 Å². The van der Waals surface area contributed by atoms with Gasteiger partial charge in [0.2, 0.25) is 0 Å². The van der Waals surface area contributed by atoms with Crippen molar-refractivity contribution in [3.05, 3.63) is 46.4 Å². The van der Waals surface area contributed by atoms with Crippen LogP contribution in [0.3, 0.4) is 0 Å². The summed E-state index contributed by atoms with van der Waals surface area (Å²) < 4.78 is 7.11. The van der Waals surface area contributed by atoms with Gasteiger partial charge in [0.1, 0.15) is 0 Å². The number of aromatic nitrogens is 1. The number of pyridine rings is 1. The second kappa shape index (κ2) is 6.63. The topological polar surface area (TPSA) is 34.5 Å². The SMILES string of the molecule is COCC1CCCN1CCc1cc2ccccc2c(=O)n1C. The van der Waals surface area contributed by atoms with E-state index >= 15 is 0 Å². The molecule has 1 unspecified atom stereocenters. The van der Waals surface area contributed by atoms with Gasteiger partial charge in [-0.15, -0.1) is 0 Å². The molecule has 3 rings (SSSR count). The van der Waals surface area contributed by atoms with E-state index in [2.05, 4.69) is 11.0 Å². The molecule has 0 amide bonds. The first-order chi connectivity index (χ1) is 10.7. The number of ether oxygens (including phenoxy) is 1. The van der Waals surface area contributed by atoms with Crippen molar-refractivity contribution in [1.29, 1.82) is 0 Å². The largest absolute Gasteiger partial charge is 0.383 e. The van der Waals surface area contributed by atoms with E-state index < -0.39 is 0 Å². The van der Waals surface area contributed by atoms with E-state index in [1.54, 1.807) is 11.7 Å². The molecule has 0 radical (unpaired) electrons. The Morgan fingerprint density at radius 2 is 2.14 bits per heavy atom. The number of hydrogen-bond acceptors (Lipinski definition) is 3. The van der Waals surface area contributed by atoms with Gasteiger partial charge in [-0.3, -0.25) is 9.69 Å². The van der Waals surface area contributed by atoms with E-state index in [0.717, 1.165) is 42.6 Å². The molecule has 1 aliphatic heterocycles. The Bertz CT molecular complexity index is 708. The minimum atomic E-state index is 0.1000. The Labute approximate surface area is 131 Å². The van der Waals surface area contributed by atoms with Gasteiger partial charge in [-0.05, 0) is 36.9 Å². The van der Waals surface area contributed by atoms with Crippen LogP contribution in [0.2, 0.25) is 0 Å². The molecule has 22 heavy (non-hydrogen) atoms. The highest BCUT2D eigenvalue weighted by atomic mass is 16.5. The zero-order valence-electron chi connectivity index (χ0n) is 13.4. The Balaban J connectivity index is 1.79. The average Bonchev–Trinajstić information content (AvgIpc) is 2.97. The van der Waals surface area contributed by atoms with Gasteiger partial charge in [0.15, 0.2) is 0 Å². The first kappa shape index (κ1) is 15.3. The summed E-state index contributed by atoms with van der Waals surface area (Å²) in [5.74, 6) is 0. The molecule has 1 aliphatic rings. The highest BCUT2D eigenvalue weighted by molar-refractivity contribution is 5.81. The third kappa shape index (κ3) is 2.94. The Morgan fingerprint density at radius 1 is 1.32 bits per heavy atom. The molecule has 4 heteroatoms. The van der Waals surface area contributed by atoms with Crippen LogP contribution in [0.15, 0.2) is 35.1 Å². The monoisotopic (exact) mass is 300 g/mol. The number of methoxy groups -OCH3 is 1. The first-order valence-corrected chi connectivity index (χ1v) is 8.01. The van der Waals surface area contributed by atoms with Gasteiger partial charge in [0, 0.05) is 44.2 Å². The van der Waals surface area contributed by atoms with Crippen molar-refractivity contribution in [2.24, 2.45) is 7.05 Å². The molecule has 1 fully saturated rings. The summed E-state index contributed by atoms with van der Waals surface area (Å²) in [7, 11) is 3.64. The van der Waals surface area contributed by atoms with Crippen LogP contribution in [-0.4, -0.2) is 42.3 Å². The minimum Gasteiger partial charge on any atom is -0.383 e. The minimum absolute atomic E-state index is 0.1000. The summed E-state index contributed by atoms with van der Waals surface area (Å²) >= 11 is 0. The smallest absolute Gasteiger partial charge is 0.258 e. The molecule has 1 atom stereocenters. The van der Waals surface area contributed by atoms with Crippen LogP contribution in [0.5, 0.6) is 0 Å². The van der Waals surface area contributed by atoms with Crippen molar-refractivity contribution in [3.63, 3.8) is 0 Å². The molecule has 2 heterocycles. The van der Waals surface area contributed by atoms with Gasteiger partial charge in [-0.1, -0.05) is 18.2 Å². The van der Waals surface area contributed by atoms with Crippen molar-refractivity contribution >= 4 is 10.8 Å². The van der Waals surface area contributed by atoms with Crippen molar-refractivity contribution in [3.8, 4) is 0 Å². The molecule has 4 nitrogen and oxygen atoms in total. The molecule has 1 aromatic carbocycles. The number of nitrogens with zero attached hydrogens (tertiary/aromatic N) is 2. The van der Waals surface area contributed by atoms with E-state index in [1.807, 2.05) is 31.3 Å². The van der Waals surface area contributed by atoms with Crippen LogP contribution in [0, 0.1) is 0 Å². The molecule has 118 valence electrons. The standard InChI is InChI=1S/C18H24N2O2/c1-19-15(9-11-20-10-5-7-16(20)13-22-2)12-14-6-3-4-8-17(14)18(19)21/h3-4,6,8,12,16H,5,7,9-11,13H2,1-2H3. The van der Waals surface area contributed by atoms with Crippen molar-refractivity contribution < 1.29 is 4.74 Å². The van der Waals surface area contributed by atoms with Crippen LogP contribution in [0.25, 0.3) is 10.8 Å². The molecular weight excluding hydrogens is 276 g/mol. The zero-order valence-corrected chi connectivity index (χ0v) is 13.4. The van der Waals surface area contributed by atoms with Crippen molar-refractivity contribution in [1.82, 2.24) is 9.47 Å².